The van der Waals surface area contributed by atoms with E-state index in [0.29, 0.717) is 16.6 Å². The van der Waals surface area contributed by atoms with E-state index in [-0.39, 0.29) is 5.92 Å². The van der Waals surface area contributed by atoms with E-state index < -0.39 is 11.9 Å². The van der Waals surface area contributed by atoms with Crippen molar-refractivity contribution in [3.8, 4) is 0 Å². The Morgan fingerprint density at radius 2 is 2.19 bits per heavy atom. The highest BCUT2D eigenvalue weighted by atomic mass is 79.9. The van der Waals surface area contributed by atoms with Gasteiger partial charge in [-0.3, -0.25) is 0 Å². The van der Waals surface area contributed by atoms with E-state index in [1.165, 1.54) is 6.07 Å². The zero-order valence-electron chi connectivity index (χ0n) is 9.29. The molecule has 2 atom stereocenters. The SMILES string of the molecule is CCCC(CN)C(O)c1c(F)cccc1Br. The van der Waals surface area contributed by atoms with E-state index in [4.69, 9.17) is 5.73 Å². The molecule has 2 unspecified atom stereocenters. The van der Waals surface area contributed by atoms with Crippen LogP contribution in [0.3, 0.4) is 0 Å². The van der Waals surface area contributed by atoms with Crippen LogP contribution in [-0.2, 0) is 0 Å². The van der Waals surface area contributed by atoms with Gasteiger partial charge in [0.25, 0.3) is 0 Å². The molecule has 0 amide bonds. The number of hydrogen-bond donors (Lipinski definition) is 2. The van der Waals surface area contributed by atoms with Crippen molar-refractivity contribution in [2.75, 3.05) is 6.54 Å². The van der Waals surface area contributed by atoms with E-state index in [9.17, 15) is 9.50 Å². The number of nitrogens with two attached hydrogens (primary N) is 1. The fourth-order valence-electron chi connectivity index (χ4n) is 1.80. The second-order valence-electron chi connectivity index (χ2n) is 3.86. The molecule has 0 bridgehead atoms. The standard InChI is InChI=1S/C12H17BrFNO/c1-2-4-8(7-15)12(16)11-9(13)5-3-6-10(11)14/h3,5-6,8,12,16H,2,4,7,15H2,1H3. The predicted octanol–water partition coefficient (Wildman–Crippen LogP) is 3.00. The Hall–Kier alpha value is -0.450. The lowest BCUT2D eigenvalue weighted by molar-refractivity contribution is 0.102. The monoisotopic (exact) mass is 289 g/mol. The summed E-state index contributed by atoms with van der Waals surface area (Å²) in [6, 6.07) is 4.68. The van der Waals surface area contributed by atoms with Crippen molar-refractivity contribution in [1.29, 1.82) is 0 Å². The first-order valence-corrected chi connectivity index (χ1v) is 6.23. The molecule has 0 radical (unpaired) electrons. The van der Waals surface area contributed by atoms with Gasteiger partial charge in [-0.1, -0.05) is 35.3 Å². The van der Waals surface area contributed by atoms with Gasteiger partial charge in [0.1, 0.15) is 5.82 Å². The van der Waals surface area contributed by atoms with Crippen LogP contribution >= 0.6 is 15.9 Å². The summed E-state index contributed by atoms with van der Waals surface area (Å²) in [5.74, 6) is -0.491. The van der Waals surface area contributed by atoms with E-state index >= 15 is 0 Å². The van der Waals surface area contributed by atoms with Gasteiger partial charge in [-0.05, 0) is 25.1 Å². The molecule has 0 fully saturated rings. The summed E-state index contributed by atoms with van der Waals surface area (Å²) in [5.41, 5.74) is 5.91. The Kier molecular flexibility index (Phi) is 5.38. The molecular formula is C12H17BrFNO. The minimum absolute atomic E-state index is 0.0989. The Morgan fingerprint density at radius 1 is 1.50 bits per heavy atom. The van der Waals surface area contributed by atoms with Crippen molar-refractivity contribution in [2.45, 2.75) is 25.9 Å². The van der Waals surface area contributed by atoms with E-state index in [1.54, 1.807) is 12.1 Å². The minimum atomic E-state index is -0.847. The van der Waals surface area contributed by atoms with Gasteiger partial charge in [0.05, 0.1) is 6.10 Å². The number of hydrogen-bond acceptors (Lipinski definition) is 2. The largest absolute Gasteiger partial charge is 0.388 e. The highest BCUT2D eigenvalue weighted by Gasteiger charge is 2.23. The number of aliphatic hydroxyl groups excluding tert-OH is 1. The van der Waals surface area contributed by atoms with Crippen LogP contribution in [0.1, 0.15) is 31.4 Å². The van der Waals surface area contributed by atoms with Gasteiger partial charge in [0, 0.05) is 16.0 Å². The summed E-state index contributed by atoms with van der Waals surface area (Å²) in [5, 5.41) is 10.1. The molecule has 2 nitrogen and oxygen atoms in total. The van der Waals surface area contributed by atoms with Crippen molar-refractivity contribution in [3.63, 3.8) is 0 Å². The molecule has 90 valence electrons. The Morgan fingerprint density at radius 3 is 2.69 bits per heavy atom. The topological polar surface area (TPSA) is 46.2 Å². The third-order valence-corrected chi connectivity index (χ3v) is 3.40. The summed E-state index contributed by atoms with van der Waals surface area (Å²) in [6.45, 7) is 2.38. The van der Waals surface area contributed by atoms with Crippen LogP contribution in [0.5, 0.6) is 0 Å². The van der Waals surface area contributed by atoms with Gasteiger partial charge < -0.3 is 10.8 Å². The van der Waals surface area contributed by atoms with Crippen molar-refractivity contribution in [3.05, 3.63) is 34.1 Å². The van der Waals surface area contributed by atoms with Crippen molar-refractivity contribution < 1.29 is 9.50 Å². The second kappa shape index (κ2) is 6.33. The zero-order chi connectivity index (χ0) is 12.1. The van der Waals surface area contributed by atoms with E-state index in [2.05, 4.69) is 15.9 Å². The number of benzene rings is 1. The average Bonchev–Trinajstić information content (AvgIpc) is 2.25. The van der Waals surface area contributed by atoms with Crippen molar-refractivity contribution in [2.24, 2.45) is 11.7 Å². The molecule has 1 aromatic rings. The van der Waals surface area contributed by atoms with E-state index in [0.717, 1.165) is 12.8 Å². The van der Waals surface area contributed by atoms with E-state index in [1.807, 2.05) is 6.92 Å². The second-order valence-corrected chi connectivity index (χ2v) is 4.72. The third-order valence-electron chi connectivity index (χ3n) is 2.70. The average molecular weight is 290 g/mol. The summed E-state index contributed by atoms with van der Waals surface area (Å²) in [4.78, 5) is 0. The summed E-state index contributed by atoms with van der Waals surface area (Å²) < 4.78 is 14.2. The fraction of sp³-hybridized carbons (Fsp3) is 0.500. The third kappa shape index (κ3) is 3.03. The lowest BCUT2D eigenvalue weighted by Gasteiger charge is -2.22. The zero-order valence-corrected chi connectivity index (χ0v) is 10.9. The molecule has 0 heterocycles. The van der Waals surface area contributed by atoms with Gasteiger partial charge in [-0.15, -0.1) is 0 Å². The highest BCUT2D eigenvalue weighted by molar-refractivity contribution is 9.10. The van der Waals surface area contributed by atoms with Crippen molar-refractivity contribution >= 4 is 15.9 Å². The molecule has 0 saturated carbocycles. The Balaban J connectivity index is 2.98. The Labute approximate surface area is 104 Å². The van der Waals surface area contributed by atoms with Gasteiger partial charge >= 0.3 is 0 Å². The first-order valence-electron chi connectivity index (χ1n) is 5.43. The molecule has 1 rings (SSSR count). The summed E-state index contributed by atoms with van der Waals surface area (Å²) in [7, 11) is 0. The van der Waals surface area contributed by atoms with Gasteiger partial charge in [-0.25, -0.2) is 4.39 Å². The Bertz CT molecular complexity index is 326. The van der Waals surface area contributed by atoms with Gasteiger partial charge in [-0.2, -0.15) is 0 Å². The number of rotatable bonds is 5. The molecular weight excluding hydrogens is 273 g/mol. The molecule has 3 N–H and O–H groups in total. The molecule has 0 saturated heterocycles. The normalized spacial score (nSPS) is 14.8. The molecule has 0 aliphatic heterocycles. The molecule has 0 aromatic heterocycles. The van der Waals surface area contributed by atoms with Crippen LogP contribution in [0.2, 0.25) is 0 Å². The molecule has 0 aliphatic carbocycles. The number of aliphatic hydroxyl groups is 1. The lowest BCUT2D eigenvalue weighted by atomic mass is 9.92. The van der Waals surface area contributed by atoms with Crippen LogP contribution in [0.25, 0.3) is 0 Å². The van der Waals surface area contributed by atoms with Crippen LogP contribution < -0.4 is 5.73 Å². The highest BCUT2D eigenvalue weighted by Crippen LogP contribution is 2.32. The lowest BCUT2D eigenvalue weighted by Crippen LogP contribution is -2.23. The quantitative estimate of drug-likeness (QED) is 0.875. The van der Waals surface area contributed by atoms with Gasteiger partial charge in [0.15, 0.2) is 0 Å². The van der Waals surface area contributed by atoms with Crippen LogP contribution in [-0.4, -0.2) is 11.7 Å². The first kappa shape index (κ1) is 13.6. The molecule has 4 heteroatoms. The molecule has 0 spiro atoms. The van der Waals surface area contributed by atoms with Gasteiger partial charge in [0.2, 0.25) is 0 Å². The summed E-state index contributed by atoms with van der Waals surface area (Å²) >= 11 is 3.26. The van der Waals surface area contributed by atoms with Crippen LogP contribution in [0.15, 0.2) is 22.7 Å². The maximum absolute atomic E-state index is 13.6. The van der Waals surface area contributed by atoms with Crippen LogP contribution in [0.4, 0.5) is 4.39 Å². The number of halogens is 2. The smallest absolute Gasteiger partial charge is 0.130 e. The maximum Gasteiger partial charge on any atom is 0.130 e. The molecule has 16 heavy (non-hydrogen) atoms. The summed E-state index contributed by atoms with van der Waals surface area (Å²) in [6.07, 6.45) is 0.865. The molecule has 1 aromatic carbocycles. The fourth-order valence-corrected chi connectivity index (χ4v) is 2.38. The first-order chi connectivity index (χ1) is 7.61. The van der Waals surface area contributed by atoms with Crippen molar-refractivity contribution in [1.82, 2.24) is 0 Å². The minimum Gasteiger partial charge on any atom is -0.388 e. The predicted molar refractivity (Wildman–Crippen MR) is 66.5 cm³/mol. The van der Waals surface area contributed by atoms with Crippen LogP contribution in [0, 0.1) is 11.7 Å². The molecule has 0 aliphatic rings. The maximum atomic E-state index is 13.6.